The van der Waals surface area contributed by atoms with Gasteiger partial charge in [0.1, 0.15) is 0 Å². The van der Waals surface area contributed by atoms with Crippen LogP contribution in [0, 0.1) is 0 Å². The van der Waals surface area contributed by atoms with E-state index in [0.29, 0.717) is 0 Å². The van der Waals surface area contributed by atoms with Crippen molar-refractivity contribution >= 4 is 11.6 Å². The third-order valence-corrected chi connectivity index (χ3v) is 10.6. The molecule has 9 rings (SSSR count). The van der Waals surface area contributed by atoms with Gasteiger partial charge in [0.25, 0.3) is 0 Å². The fraction of sp³-hybridized carbons (Fsp3) is 0. The van der Waals surface area contributed by atoms with Gasteiger partial charge in [-0.3, -0.25) is 9.97 Å². The summed E-state index contributed by atoms with van der Waals surface area (Å²) >= 11 is 0. The molecule has 0 atom stereocenters. The summed E-state index contributed by atoms with van der Waals surface area (Å²) in [4.78, 5) is 14.6. The van der Waals surface area contributed by atoms with Crippen LogP contribution in [0.15, 0.2) is 237 Å². The topological polar surface area (TPSA) is 38.7 Å². The first-order valence-corrected chi connectivity index (χ1v) is 20.1. The molecule has 0 saturated heterocycles. The number of aromatic nitrogens is 3. The Morgan fingerprint density at radius 1 is 0.383 bits per heavy atom. The molecular weight excluding hydrogens is 727 g/mol. The largest absolute Gasteiger partial charge is 0.256 e. The molecule has 0 spiro atoms. The zero-order chi connectivity index (χ0) is 40.5. The van der Waals surface area contributed by atoms with E-state index in [1.54, 1.807) is 0 Å². The Morgan fingerprint density at radius 2 is 0.917 bits per heavy atom. The maximum atomic E-state index is 5.36. The van der Waals surface area contributed by atoms with Gasteiger partial charge in [0, 0.05) is 34.6 Å². The van der Waals surface area contributed by atoms with Crippen LogP contribution in [0.2, 0.25) is 0 Å². The Balaban J connectivity index is 1.08. The van der Waals surface area contributed by atoms with Crippen LogP contribution in [-0.2, 0) is 0 Å². The van der Waals surface area contributed by atoms with Crippen LogP contribution >= 0.6 is 0 Å². The fourth-order valence-corrected chi connectivity index (χ4v) is 7.64. The highest BCUT2D eigenvalue weighted by Crippen LogP contribution is 2.36. The van der Waals surface area contributed by atoms with Crippen molar-refractivity contribution in [2.45, 2.75) is 0 Å². The van der Waals surface area contributed by atoms with Crippen LogP contribution < -0.4 is 0 Å². The van der Waals surface area contributed by atoms with Crippen LogP contribution in [0.25, 0.3) is 90.1 Å². The van der Waals surface area contributed by atoms with Crippen LogP contribution in [0.1, 0.15) is 11.1 Å². The Hall–Kier alpha value is -8.01. The maximum Gasteiger partial charge on any atom is 0.0715 e. The smallest absolute Gasteiger partial charge is 0.0715 e. The van der Waals surface area contributed by atoms with Gasteiger partial charge in [-0.15, -0.1) is 0 Å². The monoisotopic (exact) mass is 767 g/mol. The molecule has 0 aliphatic rings. The van der Waals surface area contributed by atoms with Crippen LogP contribution in [0.4, 0.5) is 0 Å². The number of benzene rings is 6. The Bertz CT molecular complexity index is 2980. The number of allylic oxidation sites excluding steroid dienone is 4. The van der Waals surface area contributed by atoms with E-state index in [1.807, 2.05) is 48.8 Å². The lowest BCUT2D eigenvalue weighted by Gasteiger charge is -2.13. The molecule has 0 aliphatic heterocycles. The number of hydrogen-bond donors (Lipinski definition) is 0. The molecule has 284 valence electrons. The molecule has 0 aliphatic carbocycles. The van der Waals surface area contributed by atoms with Crippen LogP contribution in [0.5, 0.6) is 0 Å². The molecule has 60 heavy (non-hydrogen) atoms. The van der Waals surface area contributed by atoms with Gasteiger partial charge in [-0.05, 0) is 105 Å². The third-order valence-electron chi connectivity index (χ3n) is 10.6. The van der Waals surface area contributed by atoms with E-state index >= 15 is 0 Å². The molecule has 0 saturated carbocycles. The lowest BCUT2D eigenvalue weighted by Crippen LogP contribution is -1.93. The first kappa shape index (κ1) is 37.6. The summed E-state index contributed by atoms with van der Waals surface area (Å²) in [6.45, 7) is 4.05. The van der Waals surface area contributed by atoms with Crippen molar-refractivity contribution in [3.05, 3.63) is 249 Å². The Morgan fingerprint density at radius 3 is 1.60 bits per heavy atom. The van der Waals surface area contributed by atoms with E-state index in [4.69, 9.17) is 4.98 Å². The molecule has 3 heterocycles. The highest BCUT2D eigenvalue weighted by molar-refractivity contribution is 5.87. The zero-order valence-corrected chi connectivity index (χ0v) is 33.1. The quantitative estimate of drug-likeness (QED) is 0.123. The lowest BCUT2D eigenvalue weighted by atomic mass is 9.93. The van der Waals surface area contributed by atoms with Crippen LogP contribution in [-0.4, -0.2) is 15.0 Å². The van der Waals surface area contributed by atoms with Gasteiger partial charge in [-0.25, -0.2) is 4.98 Å². The Labute approximate surface area is 352 Å². The predicted octanol–water partition coefficient (Wildman–Crippen LogP) is 14.8. The molecule has 3 nitrogen and oxygen atoms in total. The second-order valence-corrected chi connectivity index (χ2v) is 14.5. The molecule has 0 radical (unpaired) electrons. The highest BCUT2D eigenvalue weighted by atomic mass is 14.7. The van der Waals surface area contributed by atoms with Crippen molar-refractivity contribution in [2.24, 2.45) is 0 Å². The minimum atomic E-state index is 0.897. The number of pyridine rings is 3. The Kier molecular flexibility index (Phi) is 11.0. The maximum absolute atomic E-state index is 5.36. The van der Waals surface area contributed by atoms with Gasteiger partial charge in [0.15, 0.2) is 0 Å². The highest BCUT2D eigenvalue weighted by Gasteiger charge is 2.13. The summed E-state index contributed by atoms with van der Waals surface area (Å²) in [5.41, 5.74) is 17.9. The number of hydrogen-bond acceptors (Lipinski definition) is 3. The average molecular weight is 768 g/mol. The van der Waals surface area contributed by atoms with Crippen molar-refractivity contribution in [3.63, 3.8) is 0 Å². The molecule has 0 bridgehead atoms. The molecule has 0 amide bonds. The SMILES string of the molecule is C=C/C=C(\C=C\c1ccccc1-c1ccccn1)c1cccc(-c2cc(-c3ccccc3)cc(-c3cccc(-c4cccc(-c5ccccc5-c5ccccn5)c4)c3)n2)c1. The standard InChI is InChI=1S/C57H41N3/c1-2-17-41(32-33-43-20-6-7-28-52(43)54-30-10-12-34-58-54)44-21-15-25-48(37-44)56-39-50(42-18-4-3-5-19-42)40-57(60-56)49-26-16-23-46(38-49)45-22-14-24-47(36-45)51-27-8-9-29-53(51)55-31-11-13-35-59-55/h2-40H,1H2/b33-32+,41-17+. The van der Waals surface area contributed by atoms with E-state index in [0.717, 1.165) is 95.1 Å². The summed E-state index contributed by atoms with van der Waals surface area (Å²) in [6, 6.07) is 69.8. The predicted molar refractivity (Wildman–Crippen MR) is 252 cm³/mol. The normalized spacial score (nSPS) is 11.4. The van der Waals surface area contributed by atoms with Gasteiger partial charge in [-0.2, -0.15) is 0 Å². The first-order valence-electron chi connectivity index (χ1n) is 20.1. The number of nitrogens with zero attached hydrogens (tertiary/aromatic N) is 3. The molecule has 3 aromatic heterocycles. The lowest BCUT2D eigenvalue weighted by molar-refractivity contribution is 1.32. The minimum Gasteiger partial charge on any atom is -0.256 e. The van der Waals surface area contributed by atoms with Gasteiger partial charge < -0.3 is 0 Å². The van der Waals surface area contributed by atoms with Gasteiger partial charge in [0.2, 0.25) is 0 Å². The zero-order valence-electron chi connectivity index (χ0n) is 33.1. The molecule has 9 aromatic rings. The summed E-state index contributed by atoms with van der Waals surface area (Å²) in [7, 11) is 0. The molecular formula is C57H41N3. The van der Waals surface area contributed by atoms with E-state index < -0.39 is 0 Å². The molecule has 0 unspecified atom stereocenters. The van der Waals surface area contributed by atoms with Crippen molar-refractivity contribution in [2.75, 3.05) is 0 Å². The molecule has 0 N–H and O–H groups in total. The van der Waals surface area contributed by atoms with E-state index in [-0.39, 0.29) is 0 Å². The van der Waals surface area contributed by atoms with Gasteiger partial charge >= 0.3 is 0 Å². The molecule has 0 fully saturated rings. The van der Waals surface area contributed by atoms with Crippen molar-refractivity contribution in [3.8, 4) is 78.4 Å². The molecule has 6 aromatic carbocycles. The summed E-state index contributed by atoms with van der Waals surface area (Å²) < 4.78 is 0. The third kappa shape index (κ3) is 8.33. The van der Waals surface area contributed by atoms with Gasteiger partial charge in [-0.1, -0.05) is 176 Å². The van der Waals surface area contributed by atoms with Crippen molar-refractivity contribution < 1.29 is 0 Å². The van der Waals surface area contributed by atoms with Gasteiger partial charge in [0.05, 0.1) is 22.8 Å². The van der Waals surface area contributed by atoms with Crippen molar-refractivity contribution in [1.29, 1.82) is 0 Å². The molecule has 3 heteroatoms. The second kappa shape index (κ2) is 17.6. The second-order valence-electron chi connectivity index (χ2n) is 14.5. The summed E-state index contributed by atoms with van der Waals surface area (Å²) in [5.74, 6) is 0. The number of rotatable bonds is 11. The minimum absolute atomic E-state index is 0.897. The first-order chi connectivity index (χ1) is 29.7. The summed E-state index contributed by atoms with van der Waals surface area (Å²) in [5, 5.41) is 0. The van der Waals surface area contributed by atoms with E-state index in [2.05, 4.69) is 205 Å². The average Bonchev–Trinajstić information content (AvgIpc) is 3.34. The van der Waals surface area contributed by atoms with E-state index in [1.165, 1.54) is 0 Å². The summed E-state index contributed by atoms with van der Waals surface area (Å²) in [6.07, 6.45) is 11.9. The van der Waals surface area contributed by atoms with Crippen molar-refractivity contribution in [1.82, 2.24) is 15.0 Å². The van der Waals surface area contributed by atoms with E-state index in [9.17, 15) is 0 Å². The van der Waals surface area contributed by atoms with Crippen LogP contribution in [0.3, 0.4) is 0 Å². The fourth-order valence-electron chi connectivity index (χ4n) is 7.64.